The molecule has 0 aliphatic rings. The monoisotopic (exact) mass is 1480 g/mol. The average molecular weight is 1480 g/mol. The summed E-state index contributed by atoms with van der Waals surface area (Å²) < 4.78 is 68.7. The smallest absolute Gasteiger partial charge is 0.462 e. The molecule has 0 saturated carbocycles. The predicted octanol–water partition coefficient (Wildman–Crippen LogP) is 25.0. The number of esters is 4. The number of carbonyl (C=O) groups excluding carboxylic acids is 4. The summed E-state index contributed by atoms with van der Waals surface area (Å²) in [6.45, 7) is 5.02. The van der Waals surface area contributed by atoms with Gasteiger partial charge in [0.15, 0.2) is 12.2 Å². The Morgan fingerprint density at radius 2 is 0.396 bits per heavy atom. The molecule has 0 aliphatic heterocycles. The van der Waals surface area contributed by atoms with Crippen LogP contribution in [0.1, 0.15) is 445 Å². The van der Waals surface area contributed by atoms with E-state index in [2.05, 4.69) is 27.7 Å². The summed E-state index contributed by atoms with van der Waals surface area (Å²) in [5, 5.41) is 10.6. The lowest BCUT2D eigenvalue weighted by Gasteiger charge is -2.21. The minimum absolute atomic E-state index is 0.108. The first-order chi connectivity index (χ1) is 49.2. The molecule has 2 unspecified atom stereocenters. The standard InChI is InChI=1S/C82H160O17P2/c1-5-9-13-17-21-25-29-32-34-36-38-39-40-42-44-46-49-53-57-61-65-69-82(87)99-78(73-93-80(85)67-63-59-55-51-48-45-43-41-37-35-33-30-26-22-18-14-10-6-2)75-97-101(90,91)95-71-76(83)70-94-100(88,89)96-74-77(72-92-79(84)66-62-58-54-50-28-24-20-16-12-8-4)98-81(86)68-64-60-56-52-47-31-27-23-19-15-11-7-3/h76-78,83H,5-75H2,1-4H3,(H,88,89)(H,90,91)/t76-,77+,78+/m0/s1. The third-order valence-electron chi connectivity index (χ3n) is 19.4. The molecule has 0 fully saturated rings. The first-order valence-electron chi connectivity index (χ1n) is 42.8. The van der Waals surface area contributed by atoms with Crippen molar-refractivity contribution in [3.05, 3.63) is 0 Å². The molecule has 0 aromatic rings. The second-order valence-corrected chi connectivity index (χ2v) is 32.4. The van der Waals surface area contributed by atoms with E-state index in [0.29, 0.717) is 25.7 Å². The number of ether oxygens (including phenoxy) is 4. The number of aliphatic hydroxyl groups is 1. The van der Waals surface area contributed by atoms with Crippen molar-refractivity contribution in [1.82, 2.24) is 0 Å². The van der Waals surface area contributed by atoms with Crippen molar-refractivity contribution in [3.8, 4) is 0 Å². The van der Waals surface area contributed by atoms with Crippen LogP contribution in [0.25, 0.3) is 0 Å². The SMILES string of the molecule is CCCCCCCCCCCCCCCCCCCCCCCC(=O)O[C@H](COC(=O)CCCCCCCCCCCCCCCCCCCC)COP(=O)(O)OC[C@@H](O)COP(=O)(O)OC[C@@H](COC(=O)CCCCCCCCCCCC)OC(=O)CCCCCCCCCCCCCC. The van der Waals surface area contributed by atoms with Crippen LogP contribution >= 0.6 is 15.6 Å². The number of hydrogen-bond donors (Lipinski definition) is 3. The number of aliphatic hydroxyl groups excluding tert-OH is 1. The highest BCUT2D eigenvalue weighted by atomic mass is 31.2. The molecule has 0 aromatic carbocycles. The number of hydrogen-bond acceptors (Lipinski definition) is 15. The van der Waals surface area contributed by atoms with Crippen LogP contribution in [0.5, 0.6) is 0 Å². The van der Waals surface area contributed by atoms with E-state index < -0.39 is 97.5 Å². The Kier molecular flexibility index (Phi) is 74.8. The Labute approximate surface area is 619 Å². The molecule has 0 aromatic heterocycles. The summed E-state index contributed by atoms with van der Waals surface area (Å²) in [6.07, 6.45) is 69.4. The van der Waals surface area contributed by atoms with Crippen molar-refractivity contribution in [2.75, 3.05) is 39.6 Å². The van der Waals surface area contributed by atoms with Crippen LogP contribution in [-0.4, -0.2) is 96.7 Å². The van der Waals surface area contributed by atoms with Crippen LogP contribution in [0.2, 0.25) is 0 Å². The Bertz CT molecular complexity index is 1910. The van der Waals surface area contributed by atoms with Gasteiger partial charge in [-0.25, -0.2) is 9.13 Å². The fourth-order valence-corrected chi connectivity index (χ4v) is 14.4. The van der Waals surface area contributed by atoms with Crippen molar-refractivity contribution in [2.24, 2.45) is 0 Å². The predicted molar refractivity (Wildman–Crippen MR) is 414 cm³/mol. The lowest BCUT2D eigenvalue weighted by Crippen LogP contribution is -2.30. The highest BCUT2D eigenvalue weighted by Gasteiger charge is 2.30. The maximum absolute atomic E-state index is 13.1. The van der Waals surface area contributed by atoms with Crippen LogP contribution in [0, 0.1) is 0 Å². The van der Waals surface area contributed by atoms with Gasteiger partial charge in [-0.3, -0.25) is 37.3 Å². The van der Waals surface area contributed by atoms with E-state index in [1.165, 1.54) is 276 Å². The van der Waals surface area contributed by atoms with Crippen molar-refractivity contribution in [3.63, 3.8) is 0 Å². The van der Waals surface area contributed by atoms with Gasteiger partial charge in [0, 0.05) is 25.7 Å². The first-order valence-corrected chi connectivity index (χ1v) is 45.8. The molecule has 0 bridgehead atoms. The highest BCUT2D eigenvalue weighted by Crippen LogP contribution is 2.45. The maximum Gasteiger partial charge on any atom is 0.472 e. The van der Waals surface area contributed by atoms with Crippen LogP contribution in [0.4, 0.5) is 0 Å². The Morgan fingerprint density at radius 1 is 0.238 bits per heavy atom. The van der Waals surface area contributed by atoms with Crippen molar-refractivity contribution in [1.29, 1.82) is 0 Å². The lowest BCUT2D eigenvalue weighted by molar-refractivity contribution is -0.161. The fraction of sp³-hybridized carbons (Fsp3) is 0.951. The van der Waals surface area contributed by atoms with E-state index in [9.17, 15) is 43.2 Å². The van der Waals surface area contributed by atoms with Crippen LogP contribution in [-0.2, 0) is 65.4 Å². The molecule has 0 spiro atoms. The molecule has 0 rings (SSSR count). The number of rotatable bonds is 83. The lowest BCUT2D eigenvalue weighted by atomic mass is 10.0. The van der Waals surface area contributed by atoms with E-state index in [4.69, 9.17) is 37.0 Å². The maximum atomic E-state index is 13.1. The van der Waals surface area contributed by atoms with Crippen LogP contribution < -0.4 is 0 Å². The minimum Gasteiger partial charge on any atom is -0.462 e. The van der Waals surface area contributed by atoms with Gasteiger partial charge in [0.05, 0.1) is 26.4 Å². The zero-order valence-corrected chi connectivity index (χ0v) is 67.7. The minimum atomic E-state index is -4.96. The Morgan fingerprint density at radius 3 is 0.584 bits per heavy atom. The summed E-state index contributed by atoms with van der Waals surface area (Å²) in [4.78, 5) is 73.0. The van der Waals surface area contributed by atoms with Crippen LogP contribution in [0.15, 0.2) is 0 Å². The van der Waals surface area contributed by atoms with Gasteiger partial charge in [0.25, 0.3) is 0 Å². The number of carbonyl (C=O) groups is 4. The summed E-state index contributed by atoms with van der Waals surface area (Å²) >= 11 is 0. The normalized spacial score (nSPS) is 13.8. The van der Waals surface area contributed by atoms with Gasteiger partial charge in [-0.2, -0.15) is 0 Å². The third kappa shape index (κ3) is 76.1. The van der Waals surface area contributed by atoms with Crippen molar-refractivity contribution >= 4 is 39.5 Å². The zero-order valence-electron chi connectivity index (χ0n) is 65.9. The molecule has 3 N–H and O–H groups in total. The third-order valence-corrected chi connectivity index (χ3v) is 21.3. The largest absolute Gasteiger partial charge is 0.472 e. The number of phosphoric acid groups is 2. The van der Waals surface area contributed by atoms with E-state index >= 15 is 0 Å². The van der Waals surface area contributed by atoms with Gasteiger partial charge in [-0.15, -0.1) is 0 Å². The molecular formula is C82H160O17P2. The molecule has 17 nitrogen and oxygen atoms in total. The molecular weight excluding hydrogens is 1320 g/mol. The molecule has 0 aliphatic carbocycles. The van der Waals surface area contributed by atoms with E-state index in [-0.39, 0.29) is 25.7 Å². The fourth-order valence-electron chi connectivity index (χ4n) is 12.8. The molecule has 101 heavy (non-hydrogen) atoms. The first kappa shape index (κ1) is 99.1. The summed E-state index contributed by atoms with van der Waals surface area (Å²) in [7, 11) is -9.92. The van der Waals surface area contributed by atoms with Gasteiger partial charge < -0.3 is 33.8 Å². The molecule has 0 saturated heterocycles. The second kappa shape index (κ2) is 76.3. The summed E-state index contributed by atoms with van der Waals surface area (Å²) in [5.74, 6) is -2.10. The molecule has 0 heterocycles. The van der Waals surface area contributed by atoms with Gasteiger partial charge in [-0.1, -0.05) is 394 Å². The van der Waals surface area contributed by atoms with E-state index in [0.717, 1.165) is 89.9 Å². The van der Waals surface area contributed by atoms with E-state index in [1.54, 1.807) is 0 Å². The quantitative estimate of drug-likeness (QED) is 0.0222. The molecule has 0 amide bonds. The van der Waals surface area contributed by atoms with Gasteiger partial charge in [0.2, 0.25) is 0 Å². The molecule has 600 valence electrons. The van der Waals surface area contributed by atoms with Crippen molar-refractivity contribution in [2.45, 2.75) is 463 Å². The number of unbranched alkanes of at least 4 members (excludes halogenated alkanes) is 57. The van der Waals surface area contributed by atoms with Crippen LogP contribution in [0.3, 0.4) is 0 Å². The zero-order chi connectivity index (χ0) is 73.9. The Balaban J connectivity index is 5.20. The molecule has 0 radical (unpaired) electrons. The average Bonchev–Trinajstić information content (AvgIpc) is 1.30. The summed E-state index contributed by atoms with van der Waals surface area (Å²) in [5.41, 5.74) is 0. The molecule has 5 atom stereocenters. The van der Waals surface area contributed by atoms with Gasteiger partial charge in [0.1, 0.15) is 19.3 Å². The van der Waals surface area contributed by atoms with Crippen molar-refractivity contribution < 1.29 is 80.2 Å². The number of phosphoric ester groups is 2. The Hall–Kier alpha value is -1.94. The van der Waals surface area contributed by atoms with Gasteiger partial charge >= 0.3 is 39.5 Å². The summed E-state index contributed by atoms with van der Waals surface area (Å²) in [6, 6.07) is 0. The highest BCUT2D eigenvalue weighted by molar-refractivity contribution is 7.47. The van der Waals surface area contributed by atoms with Gasteiger partial charge in [-0.05, 0) is 25.7 Å². The van der Waals surface area contributed by atoms with E-state index in [1.807, 2.05) is 0 Å². The second-order valence-electron chi connectivity index (χ2n) is 29.5. The molecule has 19 heteroatoms. The topological polar surface area (TPSA) is 237 Å².